The van der Waals surface area contributed by atoms with Gasteiger partial charge in [0.25, 0.3) is 0 Å². The Balaban J connectivity index is 3.53. The first-order valence-corrected chi connectivity index (χ1v) is 3.07. The molecule has 0 rings (SSSR count). The van der Waals surface area contributed by atoms with Crippen LogP contribution in [0.25, 0.3) is 0 Å². The minimum Gasteiger partial charge on any atom is -0.291 e. The monoisotopic (exact) mass is 133 g/mol. The SMILES string of the molecule is CC(C)(CCl)C[C]=O. The molecule has 0 aromatic rings. The van der Waals surface area contributed by atoms with E-state index in [1.165, 1.54) is 0 Å². The Morgan fingerprint density at radius 1 is 1.62 bits per heavy atom. The molecule has 0 amide bonds. The molecule has 0 saturated heterocycles. The maximum Gasteiger partial charge on any atom is 0.198 e. The summed E-state index contributed by atoms with van der Waals surface area (Å²) in [6.07, 6.45) is 2.25. The summed E-state index contributed by atoms with van der Waals surface area (Å²) in [6, 6.07) is 0. The van der Waals surface area contributed by atoms with E-state index < -0.39 is 0 Å². The normalized spacial score (nSPS) is 11.4. The van der Waals surface area contributed by atoms with Gasteiger partial charge in [-0.2, -0.15) is 0 Å². The van der Waals surface area contributed by atoms with Crippen LogP contribution < -0.4 is 0 Å². The lowest BCUT2D eigenvalue weighted by Gasteiger charge is -2.15. The summed E-state index contributed by atoms with van der Waals surface area (Å²) in [5.41, 5.74) is -0.0662. The quantitative estimate of drug-likeness (QED) is 0.536. The van der Waals surface area contributed by atoms with Crippen LogP contribution in [0.2, 0.25) is 0 Å². The summed E-state index contributed by atoms with van der Waals surface area (Å²) in [5.74, 6) is 0.516. The van der Waals surface area contributed by atoms with Crippen molar-refractivity contribution in [3.8, 4) is 0 Å². The van der Waals surface area contributed by atoms with Crippen molar-refractivity contribution in [3.63, 3.8) is 0 Å². The summed E-state index contributed by atoms with van der Waals surface area (Å²) >= 11 is 5.49. The van der Waals surface area contributed by atoms with Crippen molar-refractivity contribution in [2.24, 2.45) is 5.41 Å². The van der Waals surface area contributed by atoms with Gasteiger partial charge in [0, 0.05) is 12.3 Å². The molecule has 0 unspecified atom stereocenters. The van der Waals surface area contributed by atoms with Crippen molar-refractivity contribution in [2.45, 2.75) is 20.3 Å². The lowest BCUT2D eigenvalue weighted by atomic mass is 9.93. The summed E-state index contributed by atoms with van der Waals surface area (Å²) in [5, 5.41) is 0. The van der Waals surface area contributed by atoms with E-state index in [0.29, 0.717) is 12.3 Å². The molecule has 0 fully saturated rings. The molecule has 0 aliphatic rings. The second-order valence-corrected chi connectivity index (χ2v) is 2.89. The molecule has 0 aromatic carbocycles. The number of rotatable bonds is 3. The number of hydrogen-bond donors (Lipinski definition) is 0. The fourth-order valence-electron chi connectivity index (χ4n) is 0.243. The van der Waals surface area contributed by atoms with Gasteiger partial charge in [-0.3, -0.25) is 4.79 Å². The van der Waals surface area contributed by atoms with Gasteiger partial charge in [0.05, 0.1) is 0 Å². The van der Waals surface area contributed by atoms with Gasteiger partial charge in [-0.05, 0) is 5.41 Å². The zero-order valence-electron chi connectivity index (χ0n) is 5.20. The van der Waals surface area contributed by atoms with Crippen molar-refractivity contribution < 1.29 is 4.79 Å². The zero-order chi connectivity index (χ0) is 6.62. The molecular weight excluding hydrogens is 124 g/mol. The molecule has 0 aliphatic carbocycles. The van der Waals surface area contributed by atoms with Crippen LogP contribution in [-0.4, -0.2) is 12.2 Å². The van der Waals surface area contributed by atoms with Gasteiger partial charge >= 0.3 is 0 Å². The lowest BCUT2D eigenvalue weighted by molar-refractivity contribution is 0.423. The average molecular weight is 134 g/mol. The molecule has 0 heterocycles. The van der Waals surface area contributed by atoms with Gasteiger partial charge in [-0.15, -0.1) is 11.6 Å². The highest BCUT2D eigenvalue weighted by Crippen LogP contribution is 2.19. The van der Waals surface area contributed by atoms with Gasteiger partial charge in [0.2, 0.25) is 0 Å². The van der Waals surface area contributed by atoms with Gasteiger partial charge in [-0.25, -0.2) is 0 Å². The Hall–Kier alpha value is -0.0400. The molecule has 0 aromatic heterocycles. The van der Waals surface area contributed by atoms with E-state index in [-0.39, 0.29) is 5.41 Å². The number of carbonyl (C=O) groups excluding carboxylic acids is 1. The second kappa shape index (κ2) is 3.08. The lowest BCUT2D eigenvalue weighted by Crippen LogP contribution is -2.13. The Bertz CT molecular complexity index is 78.6. The van der Waals surface area contributed by atoms with Crippen LogP contribution in [0.15, 0.2) is 0 Å². The van der Waals surface area contributed by atoms with Crippen LogP contribution >= 0.6 is 11.6 Å². The van der Waals surface area contributed by atoms with E-state index in [4.69, 9.17) is 11.6 Å². The highest BCUT2D eigenvalue weighted by Gasteiger charge is 2.14. The Morgan fingerprint density at radius 3 is 2.25 bits per heavy atom. The van der Waals surface area contributed by atoms with E-state index in [1.54, 1.807) is 0 Å². The molecule has 0 N–H and O–H groups in total. The molecule has 1 radical (unpaired) electrons. The van der Waals surface area contributed by atoms with Crippen molar-refractivity contribution in [2.75, 3.05) is 5.88 Å². The Kier molecular flexibility index (Phi) is 3.06. The third-order valence-corrected chi connectivity index (χ3v) is 1.64. The van der Waals surface area contributed by atoms with E-state index >= 15 is 0 Å². The third kappa shape index (κ3) is 3.03. The molecule has 1 nitrogen and oxygen atoms in total. The first kappa shape index (κ1) is 7.96. The molecule has 2 heteroatoms. The van der Waals surface area contributed by atoms with E-state index in [0.717, 1.165) is 0 Å². The smallest absolute Gasteiger partial charge is 0.198 e. The van der Waals surface area contributed by atoms with Gasteiger partial charge < -0.3 is 0 Å². The first-order valence-electron chi connectivity index (χ1n) is 2.53. The second-order valence-electron chi connectivity index (χ2n) is 2.62. The van der Waals surface area contributed by atoms with Crippen molar-refractivity contribution in [1.82, 2.24) is 0 Å². The van der Waals surface area contributed by atoms with Crippen LogP contribution in [0.4, 0.5) is 0 Å². The van der Waals surface area contributed by atoms with Gasteiger partial charge in [-0.1, -0.05) is 13.8 Å². The summed E-state index contributed by atoms with van der Waals surface area (Å²) in [6.45, 7) is 3.87. The maximum atomic E-state index is 9.80. The maximum absolute atomic E-state index is 9.80. The third-order valence-electron chi connectivity index (χ3n) is 0.912. The summed E-state index contributed by atoms with van der Waals surface area (Å²) in [4.78, 5) is 9.80. The molecule has 0 saturated carbocycles. The van der Waals surface area contributed by atoms with Crippen LogP contribution in [0, 0.1) is 5.41 Å². The first-order chi connectivity index (χ1) is 3.62. The molecule has 47 valence electrons. The summed E-state index contributed by atoms with van der Waals surface area (Å²) < 4.78 is 0. The molecule has 0 bridgehead atoms. The van der Waals surface area contributed by atoms with Crippen molar-refractivity contribution in [1.29, 1.82) is 0 Å². The zero-order valence-corrected chi connectivity index (χ0v) is 5.96. The number of hydrogen-bond acceptors (Lipinski definition) is 1. The fraction of sp³-hybridized carbons (Fsp3) is 0.833. The van der Waals surface area contributed by atoms with Crippen LogP contribution in [-0.2, 0) is 4.79 Å². The fourth-order valence-corrected chi connectivity index (χ4v) is 0.337. The van der Waals surface area contributed by atoms with Crippen LogP contribution in [0.3, 0.4) is 0 Å². The number of halogens is 1. The van der Waals surface area contributed by atoms with Crippen molar-refractivity contribution in [3.05, 3.63) is 0 Å². The molecule has 0 aliphatic heterocycles. The van der Waals surface area contributed by atoms with E-state index in [1.807, 2.05) is 20.1 Å². The van der Waals surface area contributed by atoms with Gasteiger partial charge in [0.1, 0.15) is 0 Å². The minimum absolute atomic E-state index is 0.0662. The Morgan fingerprint density at radius 2 is 2.12 bits per heavy atom. The predicted molar refractivity (Wildman–Crippen MR) is 34.8 cm³/mol. The standard InChI is InChI=1S/C6H10ClO/c1-6(2,5-7)3-4-8/h3,5H2,1-2H3. The van der Waals surface area contributed by atoms with E-state index in [2.05, 4.69) is 0 Å². The predicted octanol–water partition coefficient (Wildman–Crippen LogP) is 1.75. The van der Waals surface area contributed by atoms with Crippen LogP contribution in [0.5, 0.6) is 0 Å². The van der Waals surface area contributed by atoms with Crippen LogP contribution in [0.1, 0.15) is 20.3 Å². The highest BCUT2D eigenvalue weighted by molar-refractivity contribution is 6.18. The topological polar surface area (TPSA) is 17.1 Å². The molecule has 0 atom stereocenters. The number of alkyl halides is 1. The molecule has 8 heavy (non-hydrogen) atoms. The molecule has 0 spiro atoms. The highest BCUT2D eigenvalue weighted by atomic mass is 35.5. The Labute approximate surface area is 55.0 Å². The average Bonchev–Trinajstić information content (AvgIpc) is 1.67. The molecular formula is C6H10ClO. The largest absolute Gasteiger partial charge is 0.291 e. The van der Waals surface area contributed by atoms with E-state index in [9.17, 15) is 4.79 Å². The van der Waals surface area contributed by atoms with Gasteiger partial charge in [0.15, 0.2) is 6.29 Å². The minimum atomic E-state index is -0.0662. The summed E-state index contributed by atoms with van der Waals surface area (Å²) in [7, 11) is 0. The van der Waals surface area contributed by atoms with Crippen molar-refractivity contribution >= 4 is 17.9 Å².